The van der Waals surface area contributed by atoms with Crippen molar-refractivity contribution in [2.75, 3.05) is 13.7 Å². The number of hydrogen-bond donors (Lipinski definition) is 1. The lowest BCUT2D eigenvalue weighted by atomic mass is 9.85. The summed E-state index contributed by atoms with van der Waals surface area (Å²) in [5.41, 5.74) is 0.954. The minimum absolute atomic E-state index is 0.116. The van der Waals surface area contributed by atoms with Gasteiger partial charge in [0.2, 0.25) is 0 Å². The first kappa shape index (κ1) is 28.7. The van der Waals surface area contributed by atoms with Gasteiger partial charge in [-0.25, -0.2) is 0 Å². The highest BCUT2D eigenvalue weighted by Crippen LogP contribution is 2.47. The highest BCUT2D eigenvalue weighted by atomic mass is 16.7. The third-order valence-corrected chi connectivity index (χ3v) is 7.28. The number of carbonyl (C=O) groups is 2. The minimum atomic E-state index is -1.17. The zero-order chi connectivity index (χ0) is 27.3. The maximum absolute atomic E-state index is 11.8. The number of hydrogen-bond acceptors (Lipinski definition) is 10. The molecular formula is C28H38O10. The molecule has 3 aliphatic rings. The van der Waals surface area contributed by atoms with Gasteiger partial charge in [-0.3, -0.25) is 9.59 Å². The molecule has 0 amide bonds. The molecule has 0 spiro atoms. The van der Waals surface area contributed by atoms with Crippen LogP contribution in [0.2, 0.25) is 0 Å². The Hall–Kier alpha value is -2.34. The van der Waals surface area contributed by atoms with Gasteiger partial charge < -0.3 is 38.3 Å². The number of methoxy groups -OCH3 is 1. The molecule has 4 rings (SSSR count). The van der Waals surface area contributed by atoms with Crippen molar-refractivity contribution in [2.24, 2.45) is 0 Å². The molecule has 210 valence electrons. The molecule has 10 heteroatoms. The van der Waals surface area contributed by atoms with Crippen molar-refractivity contribution in [1.29, 1.82) is 0 Å². The van der Waals surface area contributed by atoms with Crippen LogP contribution in [0.25, 0.3) is 0 Å². The summed E-state index contributed by atoms with van der Waals surface area (Å²) in [5.74, 6) is -2.17. The van der Waals surface area contributed by atoms with Crippen molar-refractivity contribution in [1.82, 2.24) is 0 Å². The van der Waals surface area contributed by atoms with E-state index in [0.29, 0.717) is 19.3 Å². The Bertz CT molecular complexity index is 954. The van der Waals surface area contributed by atoms with E-state index in [2.05, 4.69) is 6.58 Å². The van der Waals surface area contributed by atoms with Crippen LogP contribution in [0.3, 0.4) is 0 Å². The van der Waals surface area contributed by atoms with Crippen LogP contribution in [-0.4, -0.2) is 85.4 Å². The predicted molar refractivity (Wildman–Crippen MR) is 134 cm³/mol. The molecule has 38 heavy (non-hydrogen) atoms. The number of esters is 2. The molecule has 3 aliphatic heterocycles. The molecule has 3 heterocycles. The van der Waals surface area contributed by atoms with E-state index >= 15 is 0 Å². The second-order valence-corrected chi connectivity index (χ2v) is 10.0. The summed E-state index contributed by atoms with van der Waals surface area (Å²) in [5, 5.41) is 11.5. The van der Waals surface area contributed by atoms with Crippen LogP contribution in [0.5, 0.6) is 0 Å². The predicted octanol–water partition coefficient (Wildman–Crippen LogP) is 2.45. The highest BCUT2D eigenvalue weighted by Gasteiger charge is 2.64. The molecule has 3 saturated heterocycles. The summed E-state index contributed by atoms with van der Waals surface area (Å²) in [6.45, 7) is 6.51. The summed E-state index contributed by atoms with van der Waals surface area (Å²) >= 11 is 0. The smallest absolute Gasteiger partial charge is 0.303 e. The van der Waals surface area contributed by atoms with Crippen molar-refractivity contribution >= 4 is 11.9 Å². The average Bonchev–Trinajstić information content (AvgIpc) is 3.23. The number of rotatable bonds is 11. The lowest BCUT2D eigenvalue weighted by Gasteiger charge is -2.52. The molecule has 0 radical (unpaired) electrons. The molecule has 0 saturated carbocycles. The third kappa shape index (κ3) is 6.44. The van der Waals surface area contributed by atoms with Gasteiger partial charge in [0, 0.05) is 33.8 Å². The van der Waals surface area contributed by atoms with Crippen LogP contribution >= 0.6 is 0 Å². The second kappa shape index (κ2) is 12.7. The van der Waals surface area contributed by atoms with Gasteiger partial charge >= 0.3 is 11.9 Å². The van der Waals surface area contributed by atoms with Crippen molar-refractivity contribution < 1.29 is 47.9 Å². The Morgan fingerprint density at radius 3 is 2.61 bits per heavy atom. The first-order valence-corrected chi connectivity index (χ1v) is 13.0. The third-order valence-electron chi connectivity index (χ3n) is 7.28. The van der Waals surface area contributed by atoms with E-state index in [1.54, 1.807) is 13.2 Å². The first-order valence-electron chi connectivity index (χ1n) is 13.0. The molecule has 1 N–H and O–H groups in total. The van der Waals surface area contributed by atoms with Crippen molar-refractivity contribution in [3.63, 3.8) is 0 Å². The first-order chi connectivity index (χ1) is 18.3. The van der Waals surface area contributed by atoms with E-state index in [9.17, 15) is 14.7 Å². The van der Waals surface area contributed by atoms with Crippen LogP contribution in [0.15, 0.2) is 43.0 Å². The maximum atomic E-state index is 11.8. The number of carbonyl (C=O) groups excluding carboxylic acids is 2. The standard InChI is InChI=1S/C28H38O10/c1-5-9-20-12-13-28(32-4)27(36-20)23(31)25-26(38-28)24(34-15-19-10-7-6-8-11-19)22(37-25)14-21(35-18(3)30)16-33-17(2)29/h5-8,10-11,20-27,31H,1,9,12-16H2,2-4H3/t20?,21?,22?,23-,24-,25-,26-,27+,28?/m0/s1. The fraction of sp³-hybridized carbons (Fsp3) is 0.643. The molecule has 9 atom stereocenters. The van der Waals surface area contributed by atoms with E-state index in [-0.39, 0.29) is 25.7 Å². The summed E-state index contributed by atoms with van der Waals surface area (Å²) in [6, 6.07) is 9.66. The van der Waals surface area contributed by atoms with Crippen molar-refractivity contribution in [3.05, 3.63) is 48.6 Å². The van der Waals surface area contributed by atoms with E-state index in [0.717, 1.165) is 5.56 Å². The van der Waals surface area contributed by atoms with Gasteiger partial charge in [0.15, 0.2) is 5.79 Å². The summed E-state index contributed by atoms with van der Waals surface area (Å²) in [7, 11) is 1.54. The Balaban J connectivity index is 1.58. The largest absolute Gasteiger partial charge is 0.462 e. The lowest BCUT2D eigenvalue weighted by Crippen LogP contribution is -2.68. The van der Waals surface area contributed by atoms with Crippen LogP contribution in [-0.2, 0) is 49.4 Å². The van der Waals surface area contributed by atoms with Gasteiger partial charge in [0.1, 0.15) is 43.2 Å². The second-order valence-electron chi connectivity index (χ2n) is 10.0. The van der Waals surface area contributed by atoms with Gasteiger partial charge in [0.05, 0.1) is 18.8 Å². The number of ether oxygens (including phenoxy) is 7. The summed E-state index contributed by atoms with van der Waals surface area (Å²) in [4.78, 5) is 23.2. The van der Waals surface area contributed by atoms with Gasteiger partial charge in [-0.05, 0) is 18.4 Å². The molecule has 3 fully saturated rings. The fourth-order valence-corrected chi connectivity index (χ4v) is 5.56. The maximum Gasteiger partial charge on any atom is 0.303 e. The molecule has 4 unspecified atom stereocenters. The van der Waals surface area contributed by atoms with Crippen LogP contribution < -0.4 is 0 Å². The number of benzene rings is 1. The monoisotopic (exact) mass is 534 g/mol. The van der Waals surface area contributed by atoms with Gasteiger partial charge in [-0.15, -0.1) is 6.58 Å². The number of aliphatic hydroxyl groups excluding tert-OH is 1. The molecule has 0 aromatic heterocycles. The average molecular weight is 535 g/mol. The molecule has 1 aromatic carbocycles. The van der Waals surface area contributed by atoms with E-state index in [1.807, 2.05) is 30.3 Å². The number of fused-ring (bicyclic) bond motifs is 2. The summed E-state index contributed by atoms with van der Waals surface area (Å²) < 4.78 is 41.9. The normalized spacial score (nSPS) is 35.0. The van der Waals surface area contributed by atoms with Gasteiger partial charge in [-0.2, -0.15) is 0 Å². The Kier molecular flexibility index (Phi) is 9.56. The topological polar surface area (TPSA) is 119 Å². The van der Waals surface area contributed by atoms with E-state index in [4.69, 9.17) is 33.2 Å². The van der Waals surface area contributed by atoms with E-state index < -0.39 is 60.5 Å². The Labute approximate surface area is 223 Å². The number of aliphatic hydroxyl groups is 1. The minimum Gasteiger partial charge on any atom is -0.462 e. The van der Waals surface area contributed by atoms with Crippen LogP contribution in [0.4, 0.5) is 0 Å². The fourth-order valence-electron chi connectivity index (χ4n) is 5.56. The van der Waals surface area contributed by atoms with Crippen molar-refractivity contribution in [2.45, 2.75) is 101 Å². The zero-order valence-electron chi connectivity index (χ0n) is 22.2. The summed E-state index contributed by atoms with van der Waals surface area (Å²) in [6.07, 6.45) is -1.65. The highest BCUT2D eigenvalue weighted by molar-refractivity contribution is 5.67. The molecular weight excluding hydrogens is 496 g/mol. The Morgan fingerprint density at radius 1 is 1.18 bits per heavy atom. The molecule has 1 aromatic rings. The van der Waals surface area contributed by atoms with E-state index in [1.165, 1.54) is 13.8 Å². The van der Waals surface area contributed by atoms with Gasteiger partial charge in [0.25, 0.3) is 0 Å². The molecule has 0 bridgehead atoms. The quantitative estimate of drug-likeness (QED) is 0.335. The van der Waals surface area contributed by atoms with Crippen LogP contribution in [0.1, 0.15) is 45.1 Å². The SMILES string of the molecule is C=CCC1CCC2(OC)O[C@@H]3[C@@H](OC(CC(COC(C)=O)OC(C)=O)[C@@H]3OCc3ccccc3)[C@H](O)[C@H]2O1. The Morgan fingerprint density at radius 2 is 1.95 bits per heavy atom. The van der Waals surface area contributed by atoms with Crippen molar-refractivity contribution in [3.8, 4) is 0 Å². The van der Waals surface area contributed by atoms with Gasteiger partial charge in [-0.1, -0.05) is 36.4 Å². The lowest BCUT2D eigenvalue weighted by molar-refractivity contribution is -0.382. The molecule has 0 aliphatic carbocycles. The molecule has 10 nitrogen and oxygen atoms in total. The van der Waals surface area contributed by atoms with Crippen LogP contribution in [0, 0.1) is 0 Å². The zero-order valence-corrected chi connectivity index (χ0v) is 22.2.